The van der Waals surface area contributed by atoms with Crippen LogP contribution in [0.3, 0.4) is 0 Å². The van der Waals surface area contributed by atoms with Crippen molar-refractivity contribution in [3.05, 3.63) is 11.9 Å². The lowest BCUT2D eigenvalue weighted by molar-refractivity contribution is 0.0687. The van der Waals surface area contributed by atoms with E-state index in [1.165, 1.54) is 0 Å². The SMILES string of the molecule is Cl.Nc1cn(CC(F)F)nc1C(=O)O. The molecule has 0 spiro atoms. The Bertz CT molecular complexity index is 329. The van der Waals surface area contributed by atoms with E-state index in [1.54, 1.807) is 0 Å². The number of anilines is 1. The van der Waals surface area contributed by atoms with Crippen molar-refractivity contribution in [2.75, 3.05) is 5.73 Å². The molecule has 0 unspecified atom stereocenters. The summed E-state index contributed by atoms with van der Waals surface area (Å²) in [6, 6.07) is 0. The third kappa shape index (κ3) is 2.84. The topological polar surface area (TPSA) is 81.1 Å². The normalized spacial score (nSPS) is 9.93. The molecule has 0 aliphatic heterocycles. The van der Waals surface area contributed by atoms with Gasteiger partial charge in [-0.25, -0.2) is 13.6 Å². The molecule has 8 heteroatoms. The Morgan fingerprint density at radius 3 is 2.64 bits per heavy atom. The summed E-state index contributed by atoms with van der Waals surface area (Å²) < 4.78 is 24.4. The molecule has 14 heavy (non-hydrogen) atoms. The van der Waals surface area contributed by atoms with Crippen molar-refractivity contribution >= 4 is 24.1 Å². The number of halogens is 3. The van der Waals surface area contributed by atoms with E-state index in [9.17, 15) is 13.6 Å². The van der Waals surface area contributed by atoms with Crippen LogP contribution in [-0.2, 0) is 6.54 Å². The number of aromatic carboxylic acids is 1. The van der Waals surface area contributed by atoms with Crippen molar-refractivity contribution in [3.8, 4) is 0 Å². The third-order valence-corrected chi connectivity index (χ3v) is 1.32. The molecule has 0 amide bonds. The van der Waals surface area contributed by atoms with E-state index in [2.05, 4.69) is 5.10 Å². The lowest BCUT2D eigenvalue weighted by Gasteiger charge is -1.97. The quantitative estimate of drug-likeness (QED) is 0.802. The maximum atomic E-state index is 11.8. The highest BCUT2D eigenvalue weighted by molar-refractivity contribution is 5.91. The standard InChI is InChI=1S/C6H7F2N3O2.ClH/c7-4(8)2-11-1-3(9)5(10-11)6(12)13;/h1,4H,2,9H2,(H,12,13);1H. The number of aromatic nitrogens is 2. The molecule has 1 aromatic rings. The first-order valence-corrected chi connectivity index (χ1v) is 3.35. The molecule has 0 fully saturated rings. The predicted molar refractivity (Wildman–Crippen MR) is 46.9 cm³/mol. The Balaban J connectivity index is 0.00000169. The molecule has 0 atom stereocenters. The van der Waals surface area contributed by atoms with Crippen LogP contribution in [0.5, 0.6) is 0 Å². The van der Waals surface area contributed by atoms with Gasteiger partial charge in [0.15, 0.2) is 5.69 Å². The summed E-state index contributed by atoms with van der Waals surface area (Å²) in [5, 5.41) is 11.8. The average Bonchev–Trinajstić information content (AvgIpc) is 2.29. The number of carboxylic acids is 1. The van der Waals surface area contributed by atoms with E-state index in [4.69, 9.17) is 10.8 Å². The number of nitrogens with two attached hydrogens (primary N) is 1. The fourth-order valence-electron chi connectivity index (χ4n) is 0.838. The average molecular weight is 228 g/mol. The fraction of sp³-hybridized carbons (Fsp3) is 0.333. The molecule has 80 valence electrons. The minimum Gasteiger partial charge on any atom is -0.476 e. The highest BCUT2D eigenvalue weighted by atomic mass is 35.5. The monoisotopic (exact) mass is 227 g/mol. The van der Waals surface area contributed by atoms with Crippen molar-refractivity contribution < 1.29 is 18.7 Å². The highest BCUT2D eigenvalue weighted by Gasteiger charge is 2.14. The summed E-state index contributed by atoms with van der Waals surface area (Å²) >= 11 is 0. The maximum absolute atomic E-state index is 11.8. The van der Waals surface area contributed by atoms with Crippen molar-refractivity contribution in [2.45, 2.75) is 13.0 Å². The van der Waals surface area contributed by atoms with Crippen molar-refractivity contribution in [2.24, 2.45) is 0 Å². The smallest absolute Gasteiger partial charge is 0.358 e. The first kappa shape index (κ1) is 12.6. The Labute approximate surface area is 83.9 Å². The molecule has 0 saturated heterocycles. The Morgan fingerprint density at radius 1 is 1.71 bits per heavy atom. The largest absolute Gasteiger partial charge is 0.476 e. The molecule has 1 aromatic heterocycles. The number of alkyl halides is 2. The first-order valence-electron chi connectivity index (χ1n) is 3.35. The van der Waals surface area contributed by atoms with Crippen LogP contribution in [0.25, 0.3) is 0 Å². The number of nitrogens with zero attached hydrogens (tertiary/aromatic N) is 2. The Kier molecular flexibility index (Phi) is 4.29. The van der Waals surface area contributed by atoms with Gasteiger partial charge in [0.2, 0.25) is 0 Å². The van der Waals surface area contributed by atoms with Gasteiger partial charge in [-0.2, -0.15) is 5.10 Å². The summed E-state index contributed by atoms with van der Waals surface area (Å²) in [7, 11) is 0. The van der Waals surface area contributed by atoms with Crippen LogP contribution in [-0.4, -0.2) is 27.3 Å². The zero-order valence-corrected chi connectivity index (χ0v) is 7.67. The maximum Gasteiger partial charge on any atom is 0.358 e. The second kappa shape index (κ2) is 4.75. The molecule has 0 bridgehead atoms. The highest BCUT2D eigenvalue weighted by Crippen LogP contribution is 2.09. The number of rotatable bonds is 3. The molecule has 1 rings (SSSR count). The Morgan fingerprint density at radius 2 is 2.29 bits per heavy atom. The van der Waals surface area contributed by atoms with Gasteiger partial charge in [-0.1, -0.05) is 0 Å². The predicted octanol–water partition coefficient (Wildman–Crippen LogP) is 0.850. The van der Waals surface area contributed by atoms with E-state index < -0.39 is 24.6 Å². The molecule has 5 nitrogen and oxygen atoms in total. The van der Waals surface area contributed by atoms with E-state index in [0.29, 0.717) is 0 Å². The molecular weight excluding hydrogens is 220 g/mol. The van der Waals surface area contributed by atoms with Crippen molar-refractivity contribution in [1.82, 2.24) is 9.78 Å². The molecule has 3 N–H and O–H groups in total. The van der Waals surface area contributed by atoms with Gasteiger partial charge in [-0.15, -0.1) is 12.4 Å². The van der Waals surface area contributed by atoms with Crippen LogP contribution in [0.15, 0.2) is 6.20 Å². The van der Waals surface area contributed by atoms with Gasteiger partial charge in [0.05, 0.1) is 5.69 Å². The van der Waals surface area contributed by atoms with Gasteiger partial charge in [0, 0.05) is 6.20 Å². The third-order valence-electron chi connectivity index (χ3n) is 1.32. The molecule has 0 aliphatic rings. The number of carbonyl (C=O) groups is 1. The van der Waals surface area contributed by atoms with Crippen molar-refractivity contribution in [1.29, 1.82) is 0 Å². The zero-order chi connectivity index (χ0) is 10.0. The van der Waals surface area contributed by atoms with Crippen LogP contribution in [0.2, 0.25) is 0 Å². The van der Waals surface area contributed by atoms with E-state index in [-0.39, 0.29) is 18.1 Å². The second-order valence-corrected chi connectivity index (χ2v) is 2.35. The minimum absolute atomic E-state index is 0. The van der Waals surface area contributed by atoms with E-state index in [1.807, 2.05) is 0 Å². The number of nitrogen functional groups attached to an aromatic ring is 1. The van der Waals surface area contributed by atoms with Gasteiger partial charge in [0.1, 0.15) is 6.54 Å². The molecule has 1 heterocycles. The van der Waals surface area contributed by atoms with Crippen molar-refractivity contribution in [3.63, 3.8) is 0 Å². The van der Waals surface area contributed by atoms with Gasteiger partial charge in [0.25, 0.3) is 6.43 Å². The molecular formula is C6H8ClF2N3O2. The summed E-state index contributed by atoms with van der Waals surface area (Å²) in [5.74, 6) is -1.33. The summed E-state index contributed by atoms with van der Waals surface area (Å²) in [6.45, 7) is -0.655. The number of hydrogen-bond acceptors (Lipinski definition) is 3. The summed E-state index contributed by atoms with van der Waals surface area (Å²) in [4.78, 5) is 10.4. The summed E-state index contributed by atoms with van der Waals surface area (Å²) in [6.07, 6.45) is -1.52. The minimum atomic E-state index is -2.58. The number of carboxylic acid groups (broad SMARTS) is 1. The Hall–Kier alpha value is -1.37. The van der Waals surface area contributed by atoms with Gasteiger partial charge < -0.3 is 10.8 Å². The number of hydrogen-bond donors (Lipinski definition) is 2. The van der Waals surface area contributed by atoms with Crippen LogP contribution < -0.4 is 5.73 Å². The zero-order valence-electron chi connectivity index (χ0n) is 6.85. The van der Waals surface area contributed by atoms with Gasteiger partial charge >= 0.3 is 5.97 Å². The second-order valence-electron chi connectivity index (χ2n) is 2.35. The van der Waals surface area contributed by atoms with E-state index in [0.717, 1.165) is 10.9 Å². The molecule has 0 radical (unpaired) electrons. The fourth-order valence-corrected chi connectivity index (χ4v) is 0.838. The van der Waals surface area contributed by atoms with Crippen LogP contribution in [0.4, 0.5) is 14.5 Å². The van der Waals surface area contributed by atoms with Crippen LogP contribution in [0, 0.1) is 0 Å². The molecule has 0 aromatic carbocycles. The molecule has 0 aliphatic carbocycles. The first-order chi connectivity index (χ1) is 6.00. The lowest BCUT2D eigenvalue weighted by atomic mass is 10.4. The van der Waals surface area contributed by atoms with E-state index >= 15 is 0 Å². The van der Waals surface area contributed by atoms with Gasteiger partial charge in [-0.3, -0.25) is 4.68 Å². The molecule has 0 saturated carbocycles. The van der Waals surface area contributed by atoms with Crippen LogP contribution in [0.1, 0.15) is 10.5 Å². The lowest BCUT2D eigenvalue weighted by Crippen LogP contribution is -2.08. The van der Waals surface area contributed by atoms with Crippen LogP contribution >= 0.6 is 12.4 Å². The summed E-state index contributed by atoms with van der Waals surface area (Å²) in [5.41, 5.74) is 4.69. The van der Waals surface area contributed by atoms with Gasteiger partial charge in [-0.05, 0) is 0 Å².